The number of carboxylic acids is 1. The lowest BCUT2D eigenvalue weighted by molar-refractivity contribution is -0.137. The Hall–Kier alpha value is -3.95. The van der Waals surface area contributed by atoms with Gasteiger partial charge in [0.25, 0.3) is 0 Å². The number of rotatable bonds is 5. The van der Waals surface area contributed by atoms with Gasteiger partial charge in [-0.3, -0.25) is 0 Å². The first-order chi connectivity index (χ1) is 18.3. The molecule has 0 radical (unpaired) electrons. The van der Waals surface area contributed by atoms with Crippen LogP contribution in [0.1, 0.15) is 60.9 Å². The molecule has 39 heavy (non-hydrogen) atoms. The van der Waals surface area contributed by atoms with Gasteiger partial charge in [-0.2, -0.15) is 13.2 Å². The monoisotopic (exact) mass is 537 g/mol. The second kappa shape index (κ2) is 9.66. The highest BCUT2D eigenvalue weighted by Crippen LogP contribution is 2.39. The number of anilines is 1. The molecule has 1 N–H and O–H groups in total. The Morgan fingerprint density at radius 3 is 2.38 bits per heavy atom. The van der Waals surface area contributed by atoms with Gasteiger partial charge in [0.2, 0.25) is 5.82 Å². The Bertz CT molecular complexity index is 1540. The summed E-state index contributed by atoms with van der Waals surface area (Å²) in [7, 11) is 0. The first-order valence-electron chi connectivity index (χ1n) is 12.8. The lowest BCUT2D eigenvalue weighted by Gasteiger charge is -2.36. The number of carboxylic acid groups (broad SMARTS) is 1. The van der Waals surface area contributed by atoms with E-state index in [1.807, 2.05) is 35.8 Å². The molecule has 4 aromatic rings. The van der Waals surface area contributed by atoms with Gasteiger partial charge in [0, 0.05) is 24.7 Å². The molecule has 1 atom stereocenters. The number of hydrogen-bond donors (Lipinski definition) is 1. The number of benzene rings is 2. The second-order valence-electron chi connectivity index (χ2n) is 11.2. The molecule has 1 unspecified atom stereocenters. The molecule has 1 aliphatic rings. The van der Waals surface area contributed by atoms with E-state index in [1.54, 1.807) is 0 Å². The number of alkyl halides is 3. The van der Waals surface area contributed by atoms with Crippen molar-refractivity contribution in [3.63, 3.8) is 0 Å². The van der Waals surface area contributed by atoms with Crippen molar-refractivity contribution in [2.45, 2.75) is 59.3 Å². The van der Waals surface area contributed by atoms with E-state index in [2.05, 4.69) is 35.6 Å². The molecule has 0 aliphatic carbocycles. The van der Waals surface area contributed by atoms with Crippen molar-refractivity contribution in [2.75, 3.05) is 11.4 Å². The Labute approximate surface area is 224 Å². The Balaban J connectivity index is 1.76. The molecule has 0 spiro atoms. The maximum absolute atomic E-state index is 13.2. The molecule has 2 aromatic heterocycles. The molecule has 0 saturated carbocycles. The van der Waals surface area contributed by atoms with Crippen LogP contribution in [-0.4, -0.2) is 43.2 Å². The molecule has 1 aliphatic heterocycles. The van der Waals surface area contributed by atoms with Gasteiger partial charge in [0.15, 0.2) is 11.5 Å². The summed E-state index contributed by atoms with van der Waals surface area (Å²) in [6.45, 7) is 9.28. The third-order valence-electron chi connectivity index (χ3n) is 7.20. The fraction of sp³-hybridized carbons (Fsp3) is 0.379. The predicted octanol–water partition coefficient (Wildman–Crippen LogP) is 6.58. The van der Waals surface area contributed by atoms with Crippen LogP contribution in [0.2, 0.25) is 0 Å². The van der Waals surface area contributed by atoms with E-state index in [0.29, 0.717) is 29.3 Å². The maximum atomic E-state index is 13.2. The van der Waals surface area contributed by atoms with Gasteiger partial charge >= 0.3 is 12.1 Å². The molecule has 204 valence electrons. The van der Waals surface area contributed by atoms with Crippen LogP contribution in [-0.2, 0) is 12.7 Å². The number of aromatic carboxylic acids is 1. The highest BCUT2D eigenvalue weighted by atomic mass is 19.4. The van der Waals surface area contributed by atoms with Crippen LogP contribution < -0.4 is 4.90 Å². The molecule has 1 saturated heterocycles. The van der Waals surface area contributed by atoms with Gasteiger partial charge in [-0.15, -0.1) is 0 Å². The van der Waals surface area contributed by atoms with Gasteiger partial charge in [0.05, 0.1) is 5.56 Å². The molecular weight excluding hydrogens is 507 g/mol. The van der Waals surface area contributed by atoms with E-state index in [9.17, 15) is 23.1 Å². The molecule has 3 heterocycles. The maximum Gasteiger partial charge on any atom is 0.416 e. The van der Waals surface area contributed by atoms with Crippen molar-refractivity contribution in [1.29, 1.82) is 0 Å². The second-order valence-corrected chi connectivity index (χ2v) is 11.2. The number of aryl methyl sites for hydroxylation is 1. The van der Waals surface area contributed by atoms with Crippen LogP contribution in [0.4, 0.5) is 19.0 Å². The Morgan fingerprint density at radius 1 is 1.05 bits per heavy atom. The van der Waals surface area contributed by atoms with E-state index < -0.39 is 17.7 Å². The zero-order valence-electron chi connectivity index (χ0n) is 22.3. The fourth-order valence-electron chi connectivity index (χ4n) is 5.37. The Morgan fingerprint density at radius 2 is 1.77 bits per heavy atom. The van der Waals surface area contributed by atoms with E-state index in [0.717, 1.165) is 36.1 Å². The molecule has 0 bridgehead atoms. The SMILES string of the molecule is Cc1cccc(-c2nc3nc(C(=O)O)nc(N4CCCC4C(C)(C)C)c3n2Cc2ccc(C(F)(F)F)cc2)c1. The van der Waals surface area contributed by atoms with E-state index in [1.165, 1.54) is 12.1 Å². The summed E-state index contributed by atoms with van der Waals surface area (Å²) in [5.74, 6) is -0.572. The van der Waals surface area contributed by atoms with Crippen molar-refractivity contribution >= 4 is 23.0 Å². The number of halogens is 3. The topological polar surface area (TPSA) is 84.1 Å². The minimum Gasteiger partial charge on any atom is -0.475 e. The predicted molar refractivity (Wildman–Crippen MR) is 143 cm³/mol. The van der Waals surface area contributed by atoms with Crippen LogP contribution in [0.25, 0.3) is 22.6 Å². The van der Waals surface area contributed by atoms with Crippen molar-refractivity contribution in [1.82, 2.24) is 19.5 Å². The molecular formula is C29H30F3N5O2. The summed E-state index contributed by atoms with van der Waals surface area (Å²) >= 11 is 0. The number of hydrogen-bond acceptors (Lipinski definition) is 5. The zero-order valence-corrected chi connectivity index (χ0v) is 22.3. The third-order valence-corrected chi connectivity index (χ3v) is 7.20. The van der Waals surface area contributed by atoms with E-state index in [-0.39, 0.29) is 29.5 Å². The van der Waals surface area contributed by atoms with E-state index >= 15 is 0 Å². The number of carbonyl (C=O) groups is 1. The summed E-state index contributed by atoms with van der Waals surface area (Å²) < 4.78 is 41.5. The smallest absolute Gasteiger partial charge is 0.416 e. The highest BCUT2D eigenvalue weighted by molar-refractivity contribution is 5.92. The van der Waals surface area contributed by atoms with Crippen molar-refractivity contribution in [2.24, 2.45) is 5.41 Å². The minimum atomic E-state index is -4.43. The van der Waals surface area contributed by atoms with Gasteiger partial charge in [-0.1, -0.05) is 56.7 Å². The normalized spacial score (nSPS) is 16.3. The van der Waals surface area contributed by atoms with Crippen molar-refractivity contribution in [3.05, 3.63) is 71.0 Å². The molecule has 7 nitrogen and oxygen atoms in total. The van der Waals surface area contributed by atoms with Gasteiger partial charge in [-0.05, 0) is 48.9 Å². The van der Waals surface area contributed by atoms with Gasteiger partial charge in [0.1, 0.15) is 11.3 Å². The zero-order chi connectivity index (χ0) is 28.1. The Kier molecular flexibility index (Phi) is 6.60. The first-order valence-corrected chi connectivity index (χ1v) is 12.8. The number of nitrogens with zero attached hydrogens (tertiary/aromatic N) is 5. The van der Waals surface area contributed by atoms with Crippen LogP contribution >= 0.6 is 0 Å². The summed E-state index contributed by atoms with van der Waals surface area (Å²) in [5, 5.41) is 9.82. The fourth-order valence-corrected chi connectivity index (χ4v) is 5.37. The highest BCUT2D eigenvalue weighted by Gasteiger charge is 2.37. The van der Waals surface area contributed by atoms with Crippen molar-refractivity contribution in [3.8, 4) is 11.4 Å². The standard InChI is InChI=1S/C29H30F3N5O2/c1-17-7-5-8-19(15-17)25-34-23-22(37(25)16-18-10-12-20(13-11-18)29(30,31)32)26(35-24(33-23)27(38)39)36-14-6-9-21(36)28(2,3)4/h5,7-8,10-13,15,21H,6,9,14,16H2,1-4H3,(H,38,39). The van der Waals surface area contributed by atoms with Crippen LogP contribution in [0.3, 0.4) is 0 Å². The van der Waals surface area contributed by atoms with Gasteiger partial charge < -0.3 is 14.6 Å². The molecule has 5 rings (SSSR count). The lowest BCUT2D eigenvalue weighted by Crippen LogP contribution is -2.40. The minimum absolute atomic E-state index is 0.102. The van der Waals surface area contributed by atoms with Gasteiger partial charge in [-0.25, -0.2) is 19.7 Å². The quantitative estimate of drug-likeness (QED) is 0.310. The van der Waals surface area contributed by atoms with Crippen molar-refractivity contribution < 1.29 is 23.1 Å². The number of aromatic nitrogens is 4. The molecule has 10 heteroatoms. The summed E-state index contributed by atoms with van der Waals surface area (Å²) in [4.78, 5) is 27.8. The number of fused-ring (bicyclic) bond motifs is 1. The van der Waals surface area contributed by atoms with Crippen LogP contribution in [0.15, 0.2) is 48.5 Å². The molecule has 1 fully saturated rings. The van der Waals surface area contributed by atoms with E-state index in [4.69, 9.17) is 4.98 Å². The largest absolute Gasteiger partial charge is 0.475 e. The summed E-state index contributed by atoms with van der Waals surface area (Å²) in [6, 6.07) is 12.9. The third kappa shape index (κ3) is 5.20. The number of imidazole rings is 1. The average Bonchev–Trinajstić information content (AvgIpc) is 3.49. The summed E-state index contributed by atoms with van der Waals surface area (Å²) in [6.07, 6.45) is -2.58. The van der Waals surface area contributed by atoms with Crippen LogP contribution in [0, 0.1) is 12.3 Å². The average molecular weight is 538 g/mol. The first kappa shape index (κ1) is 26.6. The summed E-state index contributed by atoms with van der Waals surface area (Å²) in [5.41, 5.74) is 2.41. The van der Waals surface area contributed by atoms with Crippen LogP contribution in [0.5, 0.6) is 0 Å². The lowest BCUT2D eigenvalue weighted by atomic mass is 9.85. The molecule has 0 amide bonds. The molecule has 2 aromatic carbocycles.